The highest BCUT2D eigenvalue weighted by Crippen LogP contribution is 2.34. The smallest absolute Gasteiger partial charge is 0.192 e. The number of anilines is 1. The summed E-state index contributed by atoms with van der Waals surface area (Å²) in [5, 5.41) is 6.22. The molecular weight excluding hydrogens is 448 g/mol. The molecule has 1 aliphatic heterocycles. The van der Waals surface area contributed by atoms with Crippen molar-refractivity contribution in [3.63, 3.8) is 0 Å². The normalized spacial score (nSPS) is 16.2. The number of nitrogens with one attached hydrogen (secondary N) is 2. The van der Waals surface area contributed by atoms with Crippen molar-refractivity contribution in [1.29, 1.82) is 0 Å². The number of nitrogens with zero attached hydrogens (tertiary/aromatic N) is 1. The molecule has 1 unspecified atom stereocenters. The van der Waals surface area contributed by atoms with E-state index in [0.717, 1.165) is 36.1 Å². The Kier molecular flexibility index (Phi) is 6.89. The quantitative estimate of drug-likeness (QED) is 0.418. The Labute approximate surface area is 186 Å². The Bertz CT molecular complexity index is 1030. The maximum absolute atomic E-state index is 14.5. The summed E-state index contributed by atoms with van der Waals surface area (Å²) in [6.45, 7) is 1.07. The van der Waals surface area contributed by atoms with Crippen LogP contribution in [0.2, 0.25) is 5.02 Å². The zero-order chi connectivity index (χ0) is 20.9. The third-order valence-corrected chi connectivity index (χ3v) is 6.47. The zero-order valence-electron chi connectivity index (χ0n) is 15.7. The minimum atomic E-state index is -0.436. The van der Waals surface area contributed by atoms with Gasteiger partial charge in [0, 0.05) is 17.6 Å². The van der Waals surface area contributed by atoms with Crippen LogP contribution in [0.3, 0.4) is 0 Å². The molecule has 0 bridgehead atoms. The Hall–Kier alpha value is -2.13. The van der Waals surface area contributed by atoms with E-state index in [1.54, 1.807) is 18.3 Å². The van der Waals surface area contributed by atoms with Crippen molar-refractivity contribution in [2.45, 2.75) is 17.4 Å². The Morgan fingerprint density at radius 2 is 2.10 bits per heavy atom. The molecule has 9 heteroatoms. The first kappa shape index (κ1) is 21.1. The average Bonchev–Trinajstić information content (AvgIpc) is 3.27. The lowest BCUT2D eigenvalue weighted by molar-refractivity contribution is 0.287. The van der Waals surface area contributed by atoms with E-state index in [-0.39, 0.29) is 24.2 Å². The fourth-order valence-corrected chi connectivity index (χ4v) is 4.65. The minimum Gasteiger partial charge on any atom is -0.490 e. The predicted octanol–water partition coefficient (Wildman–Crippen LogP) is 6.02. The van der Waals surface area contributed by atoms with Gasteiger partial charge in [-0.3, -0.25) is 0 Å². The molecule has 1 aromatic heterocycles. The summed E-state index contributed by atoms with van der Waals surface area (Å²) in [6, 6.07) is 9.07. The molecule has 0 saturated heterocycles. The van der Waals surface area contributed by atoms with Gasteiger partial charge >= 0.3 is 0 Å². The van der Waals surface area contributed by atoms with Crippen molar-refractivity contribution in [1.82, 2.24) is 10.3 Å². The summed E-state index contributed by atoms with van der Waals surface area (Å²) in [5.41, 5.74) is 1.95. The van der Waals surface area contributed by atoms with Gasteiger partial charge in [-0.05, 0) is 54.2 Å². The fraction of sp³-hybridized carbons (Fsp3) is 0.190. The van der Waals surface area contributed by atoms with Crippen LogP contribution in [0.1, 0.15) is 12.0 Å². The van der Waals surface area contributed by atoms with Crippen molar-refractivity contribution in [2.24, 2.45) is 0 Å². The third kappa shape index (κ3) is 5.13. The second kappa shape index (κ2) is 9.78. The lowest BCUT2D eigenvalue weighted by atomic mass is 9.95. The van der Waals surface area contributed by atoms with Crippen LogP contribution >= 0.6 is 34.9 Å². The molecule has 0 saturated carbocycles. The summed E-state index contributed by atoms with van der Waals surface area (Å²) in [5.74, 6) is -0.437. The average molecular weight is 466 g/mol. The van der Waals surface area contributed by atoms with Crippen molar-refractivity contribution < 1.29 is 13.5 Å². The molecular formula is C21H18ClF2N3OS2. The van der Waals surface area contributed by atoms with E-state index in [4.69, 9.17) is 16.3 Å². The molecule has 3 aromatic rings. The highest BCUT2D eigenvalue weighted by atomic mass is 35.5. The second-order valence-electron chi connectivity index (χ2n) is 6.53. The first-order valence-corrected chi connectivity index (χ1v) is 11.3. The van der Waals surface area contributed by atoms with Crippen LogP contribution in [0.4, 0.5) is 13.9 Å². The zero-order valence-corrected chi connectivity index (χ0v) is 18.1. The number of ether oxygens (including phenoxy) is 1. The van der Waals surface area contributed by atoms with Crippen LogP contribution in [0.25, 0.3) is 5.57 Å². The van der Waals surface area contributed by atoms with Crippen LogP contribution < -0.4 is 14.8 Å². The Balaban J connectivity index is 1.43. The van der Waals surface area contributed by atoms with Gasteiger partial charge in [0.05, 0.1) is 16.0 Å². The van der Waals surface area contributed by atoms with Crippen LogP contribution in [0.5, 0.6) is 5.75 Å². The third-order valence-electron chi connectivity index (χ3n) is 4.52. The summed E-state index contributed by atoms with van der Waals surface area (Å²) in [7, 11) is 0. The number of hydrogen-bond donors (Lipinski definition) is 2. The number of benzene rings is 2. The van der Waals surface area contributed by atoms with E-state index in [1.165, 1.54) is 35.6 Å². The van der Waals surface area contributed by atoms with Gasteiger partial charge in [0.15, 0.2) is 5.13 Å². The number of rotatable bonds is 7. The molecule has 2 aromatic carbocycles. The molecule has 4 nitrogen and oxygen atoms in total. The van der Waals surface area contributed by atoms with Crippen LogP contribution in [-0.2, 0) is 0 Å². The van der Waals surface area contributed by atoms with Gasteiger partial charge in [-0.25, -0.2) is 13.8 Å². The SMILES string of the molecule is Fc1ccc(C2=CCCNC2COc2cc(F)c(SNc3nccs3)cc2Cl)cc1. The molecule has 0 aliphatic carbocycles. The van der Waals surface area contributed by atoms with Gasteiger partial charge < -0.3 is 14.8 Å². The fourth-order valence-electron chi connectivity index (χ4n) is 3.09. The molecule has 2 N–H and O–H groups in total. The monoisotopic (exact) mass is 465 g/mol. The molecule has 0 fully saturated rings. The Morgan fingerprint density at radius 1 is 1.27 bits per heavy atom. The maximum Gasteiger partial charge on any atom is 0.192 e. The molecule has 1 aliphatic rings. The van der Waals surface area contributed by atoms with E-state index in [0.29, 0.717) is 15.0 Å². The first-order valence-electron chi connectivity index (χ1n) is 9.24. The van der Waals surface area contributed by atoms with Crippen LogP contribution in [0.15, 0.2) is 58.9 Å². The van der Waals surface area contributed by atoms with Gasteiger partial charge in [0.1, 0.15) is 24.0 Å². The Morgan fingerprint density at radius 3 is 2.87 bits per heavy atom. The summed E-state index contributed by atoms with van der Waals surface area (Å²) in [6.07, 6.45) is 4.66. The first-order chi connectivity index (χ1) is 14.6. The molecule has 1 atom stereocenters. The van der Waals surface area contributed by atoms with E-state index in [2.05, 4.69) is 21.1 Å². The lowest BCUT2D eigenvalue weighted by Gasteiger charge is -2.26. The van der Waals surface area contributed by atoms with Crippen molar-refractivity contribution in [3.8, 4) is 5.75 Å². The maximum atomic E-state index is 14.5. The number of hydrogen-bond acceptors (Lipinski definition) is 6. The summed E-state index contributed by atoms with van der Waals surface area (Å²) >= 11 is 8.85. The van der Waals surface area contributed by atoms with Crippen molar-refractivity contribution in [2.75, 3.05) is 17.9 Å². The van der Waals surface area contributed by atoms with Gasteiger partial charge in [0.2, 0.25) is 0 Å². The van der Waals surface area contributed by atoms with E-state index < -0.39 is 5.82 Å². The van der Waals surface area contributed by atoms with Gasteiger partial charge in [0.25, 0.3) is 0 Å². The molecule has 0 spiro atoms. The molecule has 30 heavy (non-hydrogen) atoms. The molecule has 4 rings (SSSR count). The van der Waals surface area contributed by atoms with Gasteiger partial charge in [-0.1, -0.05) is 29.8 Å². The highest BCUT2D eigenvalue weighted by Gasteiger charge is 2.20. The lowest BCUT2D eigenvalue weighted by Crippen LogP contribution is -2.38. The predicted molar refractivity (Wildman–Crippen MR) is 119 cm³/mol. The van der Waals surface area contributed by atoms with E-state index >= 15 is 0 Å². The standard InChI is InChI=1S/C21H18ClF2N3OS2/c22-16-10-20(30-27-21-26-8-9-29-21)17(24)11-19(16)28-12-18-15(2-1-7-25-18)13-3-5-14(23)6-4-13/h2-6,8-11,18,25H,1,7,12H2,(H,26,27). The van der Waals surface area contributed by atoms with Crippen molar-refractivity contribution in [3.05, 3.63) is 76.3 Å². The molecule has 0 amide bonds. The number of halogens is 3. The van der Waals surface area contributed by atoms with Gasteiger partial charge in [-0.15, -0.1) is 11.3 Å². The number of aromatic nitrogens is 1. The molecule has 2 heterocycles. The van der Waals surface area contributed by atoms with Gasteiger partial charge in [-0.2, -0.15) is 0 Å². The largest absolute Gasteiger partial charge is 0.490 e. The van der Waals surface area contributed by atoms with Crippen LogP contribution in [-0.4, -0.2) is 24.2 Å². The summed E-state index contributed by atoms with van der Waals surface area (Å²) in [4.78, 5) is 4.44. The minimum absolute atomic E-state index is 0.107. The number of thiazole rings is 1. The molecule has 156 valence electrons. The highest BCUT2D eigenvalue weighted by molar-refractivity contribution is 8.00. The second-order valence-corrected chi connectivity index (χ2v) is 8.68. The molecule has 0 radical (unpaired) electrons. The summed E-state index contributed by atoms with van der Waals surface area (Å²) < 4.78 is 36.6. The van der Waals surface area contributed by atoms with E-state index in [1.807, 2.05) is 5.38 Å². The van der Waals surface area contributed by atoms with E-state index in [9.17, 15) is 8.78 Å². The van der Waals surface area contributed by atoms with Crippen LogP contribution in [0, 0.1) is 11.6 Å². The topological polar surface area (TPSA) is 46.2 Å². The van der Waals surface area contributed by atoms with Crippen molar-refractivity contribution >= 4 is 45.6 Å².